The van der Waals surface area contributed by atoms with Crippen LogP contribution in [-0.2, 0) is 14.3 Å². The van der Waals surface area contributed by atoms with E-state index in [0.29, 0.717) is 19.6 Å². The van der Waals surface area contributed by atoms with Crippen molar-refractivity contribution in [3.8, 4) is 0 Å². The number of anilines is 1. The Labute approximate surface area is 153 Å². The molecule has 3 fully saturated rings. The van der Waals surface area contributed by atoms with E-state index in [1.54, 1.807) is 5.01 Å². The molecule has 0 aliphatic carbocycles. The summed E-state index contributed by atoms with van der Waals surface area (Å²) < 4.78 is 5.59. The van der Waals surface area contributed by atoms with Crippen LogP contribution in [0.3, 0.4) is 0 Å². The topological polar surface area (TPSA) is 73.9 Å². The molecule has 0 spiro atoms. The minimum absolute atomic E-state index is 0.00254. The molecule has 3 aliphatic rings. The number of carbonyl (C=O) groups is 2. The molecule has 0 saturated carbocycles. The van der Waals surface area contributed by atoms with Gasteiger partial charge in [0.05, 0.1) is 29.7 Å². The zero-order valence-corrected chi connectivity index (χ0v) is 15.1. The molecular weight excluding hydrogens is 332 g/mol. The highest BCUT2D eigenvalue weighted by atomic mass is 16.5. The van der Waals surface area contributed by atoms with Crippen molar-refractivity contribution in [2.24, 2.45) is 11.8 Å². The summed E-state index contributed by atoms with van der Waals surface area (Å²) in [6.07, 6.45) is 2.17. The third-order valence-electron chi connectivity index (χ3n) is 5.58. The Morgan fingerprint density at radius 1 is 1.31 bits per heavy atom. The van der Waals surface area contributed by atoms with Crippen molar-refractivity contribution in [3.05, 3.63) is 30.3 Å². The number of nitrogens with zero attached hydrogens (tertiary/aromatic N) is 2. The number of fused-ring (bicyclic) bond motifs is 1. The number of carbonyl (C=O) groups excluding carboxylic acids is 2. The Bertz CT molecular complexity index is 662. The molecule has 4 unspecified atom stereocenters. The van der Waals surface area contributed by atoms with E-state index in [2.05, 4.69) is 15.6 Å². The summed E-state index contributed by atoms with van der Waals surface area (Å²) in [5, 5.41) is 4.64. The zero-order chi connectivity index (χ0) is 18.1. The van der Waals surface area contributed by atoms with Crippen LogP contribution >= 0.6 is 0 Å². The van der Waals surface area contributed by atoms with Crippen LogP contribution in [0.5, 0.6) is 0 Å². The number of para-hydroxylation sites is 1. The smallest absolute Gasteiger partial charge is 0.247 e. The number of benzene rings is 1. The van der Waals surface area contributed by atoms with Crippen molar-refractivity contribution in [1.29, 1.82) is 0 Å². The fraction of sp³-hybridized carbons (Fsp3) is 0.579. The van der Waals surface area contributed by atoms with Gasteiger partial charge in [-0.15, -0.1) is 0 Å². The molecule has 0 bridgehead atoms. The van der Waals surface area contributed by atoms with Crippen LogP contribution < -0.4 is 15.8 Å². The Morgan fingerprint density at radius 3 is 2.85 bits per heavy atom. The maximum Gasteiger partial charge on any atom is 0.247 e. The summed E-state index contributed by atoms with van der Waals surface area (Å²) in [5.41, 5.74) is 4.12. The average Bonchev–Trinajstić information content (AvgIpc) is 3.28. The van der Waals surface area contributed by atoms with E-state index in [4.69, 9.17) is 4.74 Å². The molecule has 3 heterocycles. The van der Waals surface area contributed by atoms with Crippen LogP contribution in [-0.4, -0.2) is 62.1 Å². The average molecular weight is 358 g/mol. The number of amides is 2. The van der Waals surface area contributed by atoms with Crippen molar-refractivity contribution in [2.45, 2.75) is 25.0 Å². The van der Waals surface area contributed by atoms with Gasteiger partial charge in [-0.2, -0.15) is 0 Å². The number of piperidine rings is 1. The van der Waals surface area contributed by atoms with E-state index in [1.807, 2.05) is 37.4 Å². The number of nitrogens with one attached hydrogen (secondary N) is 2. The Morgan fingerprint density at radius 2 is 2.12 bits per heavy atom. The molecule has 2 N–H and O–H groups in total. The lowest BCUT2D eigenvalue weighted by molar-refractivity contribution is -0.129. The third-order valence-corrected chi connectivity index (χ3v) is 5.58. The summed E-state index contributed by atoms with van der Waals surface area (Å²) in [7, 11) is 1.97. The van der Waals surface area contributed by atoms with Gasteiger partial charge in [0.1, 0.15) is 0 Å². The lowest BCUT2D eigenvalue weighted by Crippen LogP contribution is -2.56. The van der Waals surface area contributed by atoms with Crippen molar-refractivity contribution in [3.63, 3.8) is 0 Å². The van der Waals surface area contributed by atoms with E-state index in [-0.39, 0.29) is 35.8 Å². The number of hydrogen-bond acceptors (Lipinski definition) is 5. The van der Waals surface area contributed by atoms with Crippen molar-refractivity contribution in [2.75, 3.05) is 38.3 Å². The normalized spacial score (nSPS) is 31.9. The molecule has 26 heavy (non-hydrogen) atoms. The fourth-order valence-corrected chi connectivity index (χ4v) is 4.22. The number of likely N-dealkylation sites (tertiary alicyclic amines) is 1. The molecule has 1 aromatic carbocycles. The van der Waals surface area contributed by atoms with Crippen LogP contribution in [0.2, 0.25) is 0 Å². The minimum Gasteiger partial charge on any atom is -0.376 e. The molecule has 0 radical (unpaired) electrons. The van der Waals surface area contributed by atoms with Gasteiger partial charge in [0, 0.05) is 26.2 Å². The highest BCUT2D eigenvalue weighted by Crippen LogP contribution is 2.31. The van der Waals surface area contributed by atoms with Crippen molar-refractivity contribution in [1.82, 2.24) is 15.6 Å². The van der Waals surface area contributed by atoms with Gasteiger partial charge in [0.25, 0.3) is 0 Å². The van der Waals surface area contributed by atoms with Crippen LogP contribution in [0.4, 0.5) is 5.69 Å². The van der Waals surface area contributed by atoms with Gasteiger partial charge in [-0.1, -0.05) is 18.2 Å². The van der Waals surface area contributed by atoms with Crippen LogP contribution in [0.25, 0.3) is 0 Å². The molecule has 3 saturated heterocycles. The SMILES string of the molecule is CN1CC(C(=O)NCC2CCCO2)C2NN(c3ccccc3)C(=O)C2C1. The van der Waals surface area contributed by atoms with Gasteiger partial charge in [0.15, 0.2) is 0 Å². The highest BCUT2D eigenvalue weighted by Gasteiger charge is 2.50. The molecule has 4 rings (SSSR count). The molecule has 0 aromatic heterocycles. The molecule has 7 nitrogen and oxygen atoms in total. The number of hydrogen-bond donors (Lipinski definition) is 2. The fourth-order valence-electron chi connectivity index (χ4n) is 4.22. The minimum atomic E-state index is -0.266. The van der Waals surface area contributed by atoms with Crippen LogP contribution in [0, 0.1) is 11.8 Å². The van der Waals surface area contributed by atoms with Crippen molar-refractivity contribution >= 4 is 17.5 Å². The number of ether oxygens (including phenoxy) is 1. The van der Waals surface area contributed by atoms with Gasteiger partial charge < -0.3 is 15.0 Å². The maximum atomic E-state index is 12.9. The monoisotopic (exact) mass is 358 g/mol. The Hall–Kier alpha value is -1.96. The molecule has 3 aliphatic heterocycles. The first kappa shape index (κ1) is 17.5. The number of rotatable bonds is 4. The van der Waals surface area contributed by atoms with Crippen LogP contribution in [0.15, 0.2) is 30.3 Å². The first-order valence-electron chi connectivity index (χ1n) is 9.36. The standard InChI is InChI=1S/C19H26N4O3/c1-22-11-15(18(24)20-10-14-8-5-9-26-14)17-16(12-22)19(25)23(21-17)13-6-3-2-4-7-13/h2-4,6-7,14-17,21H,5,8-12H2,1H3,(H,20,24). The quantitative estimate of drug-likeness (QED) is 0.814. The van der Waals surface area contributed by atoms with Crippen molar-refractivity contribution < 1.29 is 14.3 Å². The Balaban J connectivity index is 1.47. The first-order chi connectivity index (χ1) is 12.6. The number of hydrazine groups is 1. The second-order valence-corrected chi connectivity index (χ2v) is 7.48. The highest BCUT2D eigenvalue weighted by molar-refractivity contribution is 5.98. The summed E-state index contributed by atoms with van der Waals surface area (Å²) in [5.74, 6) is -0.452. The lowest BCUT2D eigenvalue weighted by atomic mass is 9.84. The third kappa shape index (κ3) is 3.34. The van der Waals surface area contributed by atoms with E-state index < -0.39 is 0 Å². The van der Waals surface area contributed by atoms with E-state index in [9.17, 15) is 9.59 Å². The summed E-state index contributed by atoms with van der Waals surface area (Å²) in [6.45, 7) is 2.63. The van der Waals surface area contributed by atoms with E-state index >= 15 is 0 Å². The molecule has 4 atom stereocenters. The van der Waals surface area contributed by atoms with Gasteiger partial charge in [0.2, 0.25) is 11.8 Å². The van der Waals surface area contributed by atoms with Crippen LogP contribution in [0.1, 0.15) is 12.8 Å². The molecular formula is C19H26N4O3. The summed E-state index contributed by atoms with van der Waals surface area (Å²) in [4.78, 5) is 27.8. The second kappa shape index (κ2) is 7.34. The molecule has 140 valence electrons. The Kier molecular flexibility index (Phi) is 4.93. The molecule has 2 amide bonds. The largest absolute Gasteiger partial charge is 0.376 e. The summed E-state index contributed by atoms with van der Waals surface area (Å²) in [6, 6.07) is 9.36. The maximum absolute atomic E-state index is 12.9. The molecule has 7 heteroatoms. The zero-order valence-electron chi connectivity index (χ0n) is 15.1. The van der Waals surface area contributed by atoms with E-state index in [1.165, 1.54) is 0 Å². The first-order valence-corrected chi connectivity index (χ1v) is 9.36. The van der Waals surface area contributed by atoms with Gasteiger partial charge in [-0.05, 0) is 32.0 Å². The predicted molar refractivity (Wildman–Crippen MR) is 97.3 cm³/mol. The van der Waals surface area contributed by atoms with E-state index in [0.717, 1.165) is 25.1 Å². The van der Waals surface area contributed by atoms with Gasteiger partial charge in [-0.25, -0.2) is 10.4 Å². The summed E-state index contributed by atoms with van der Waals surface area (Å²) >= 11 is 0. The second-order valence-electron chi connectivity index (χ2n) is 7.48. The molecule has 1 aromatic rings. The lowest BCUT2D eigenvalue weighted by Gasteiger charge is -2.36. The van der Waals surface area contributed by atoms with Gasteiger partial charge >= 0.3 is 0 Å². The van der Waals surface area contributed by atoms with Gasteiger partial charge in [-0.3, -0.25) is 9.59 Å². The predicted octanol–water partition coefficient (Wildman–Crippen LogP) is 0.379.